The molecular weight excluding hydrogens is 399 g/mol. The van der Waals surface area contributed by atoms with Crippen LogP contribution in [0.2, 0.25) is 0 Å². The van der Waals surface area contributed by atoms with E-state index in [1.165, 1.54) is 16.3 Å². The summed E-state index contributed by atoms with van der Waals surface area (Å²) in [6.45, 7) is 0. The van der Waals surface area contributed by atoms with E-state index in [9.17, 15) is 13.2 Å². The minimum Gasteiger partial charge on any atom is -0.741 e. The van der Waals surface area contributed by atoms with Crippen molar-refractivity contribution in [2.24, 2.45) is 0 Å². The Hall–Kier alpha value is -1.71. The van der Waals surface area contributed by atoms with Crippen LogP contribution in [0.3, 0.4) is 0 Å². The first-order valence-electron chi connectivity index (χ1n) is 6.10. The highest BCUT2D eigenvalue weighted by molar-refractivity contribution is 9.10. The molecule has 0 spiro atoms. The Bertz CT molecular complexity index is 958. The molecule has 9 heteroatoms. The van der Waals surface area contributed by atoms with Gasteiger partial charge in [-0.3, -0.25) is 0 Å². The first kappa shape index (κ1) is 17.6. The molecule has 0 aliphatic heterocycles. The highest BCUT2D eigenvalue weighted by atomic mass is 79.9. The van der Waals surface area contributed by atoms with Crippen LogP contribution in [0.1, 0.15) is 0 Å². The predicted octanol–water partition coefficient (Wildman–Crippen LogP) is 3.39. The maximum atomic E-state index is 10.7. The lowest BCUT2D eigenvalue weighted by Crippen LogP contribution is -2.21. The Labute approximate surface area is 138 Å². The van der Waals surface area contributed by atoms with E-state index in [1.54, 1.807) is 0 Å². The van der Waals surface area contributed by atoms with Gasteiger partial charge in [0.15, 0.2) is 22.5 Å². The monoisotopic (exact) mass is 407 g/mol. The van der Waals surface area contributed by atoms with Crippen molar-refractivity contribution in [3.05, 3.63) is 59.3 Å². The molecule has 0 saturated carbocycles. The van der Waals surface area contributed by atoms with E-state index >= 15 is 0 Å². The summed E-state index contributed by atoms with van der Waals surface area (Å²) in [5.74, 6) is 0. The van der Waals surface area contributed by atoms with Gasteiger partial charge in [-0.05, 0) is 33.4 Å². The number of hydrogen-bond donors (Lipinski definition) is 0. The van der Waals surface area contributed by atoms with Gasteiger partial charge in [0.2, 0.25) is 5.52 Å². The largest absolute Gasteiger partial charge is 0.741 e. The molecule has 0 radical (unpaired) electrons. The van der Waals surface area contributed by atoms with Crippen molar-refractivity contribution < 1.29 is 30.5 Å². The number of aromatic nitrogens is 1. The van der Waals surface area contributed by atoms with Crippen LogP contribution in [-0.2, 0) is 10.1 Å². The molecule has 2 heterocycles. The van der Waals surface area contributed by atoms with E-state index in [4.69, 9.17) is 13.0 Å². The van der Waals surface area contributed by atoms with Gasteiger partial charge in [-0.2, -0.15) is 17.6 Å². The molecule has 0 unspecified atom stereocenters. The molecule has 0 bridgehead atoms. The van der Waals surface area contributed by atoms with Gasteiger partial charge in [-0.1, -0.05) is 18.2 Å². The van der Waals surface area contributed by atoms with E-state index in [2.05, 4.69) is 75.2 Å². The quantitative estimate of drug-likeness (QED) is 0.248. The van der Waals surface area contributed by atoms with Gasteiger partial charge in [-0.15, -0.1) is 0 Å². The summed E-state index contributed by atoms with van der Waals surface area (Å²) in [6.07, 6.45) is 4.16. The van der Waals surface area contributed by atoms with Gasteiger partial charge in [0, 0.05) is 12.1 Å². The second kappa shape index (κ2) is 6.42. The van der Waals surface area contributed by atoms with Crippen molar-refractivity contribution in [2.45, 2.75) is 5.51 Å². The third-order valence-corrected chi connectivity index (χ3v) is 3.91. The summed E-state index contributed by atoms with van der Waals surface area (Å²) in [5, 5.41) is 2.56. The Morgan fingerprint density at radius 3 is 2.26 bits per heavy atom. The average Bonchev–Trinajstić information content (AvgIpc) is 2.45. The molecule has 0 saturated heterocycles. The molecule has 1 aromatic carbocycles. The van der Waals surface area contributed by atoms with Crippen LogP contribution >= 0.6 is 15.9 Å². The van der Waals surface area contributed by atoms with E-state index < -0.39 is 15.6 Å². The molecule has 0 fully saturated rings. The highest BCUT2D eigenvalue weighted by Crippen LogP contribution is 2.20. The second-order valence-electron chi connectivity index (χ2n) is 4.44. The molecule has 0 atom stereocenters. The molecule has 3 aromatic rings. The van der Waals surface area contributed by atoms with Crippen LogP contribution < -0.4 is 4.40 Å². The van der Waals surface area contributed by atoms with Crippen molar-refractivity contribution in [3.63, 3.8) is 0 Å². The lowest BCUT2D eigenvalue weighted by atomic mass is 10.1. The fraction of sp³-hybridized carbons (Fsp3) is 0.0714. The highest BCUT2D eigenvalue weighted by Gasteiger charge is 2.36. The smallest absolute Gasteiger partial charge is 0.485 e. The maximum absolute atomic E-state index is 10.7. The van der Waals surface area contributed by atoms with Crippen LogP contribution in [0.4, 0.5) is 13.2 Å². The molecule has 0 amide bonds. The topological polar surface area (TPSA) is 61.3 Å². The molecule has 0 aliphatic rings. The van der Waals surface area contributed by atoms with Crippen LogP contribution in [-0.4, -0.2) is 18.5 Å². The molecule has 122 valence electrons. The number of fused-ring (bicyclic) bond motifs is 3. The fourth-order valence-corrected chi connectivity index (χ4v) is 2.23. The molecule has 4 nitrogen and oxygen atoms in total. The number of benzene rings is 1. The first-order chi connectivity index (χ1) is 10.6. The van der Waals surface area contributed by atoms with Crippen molar-refractivity contribution >= 4 is 42.3 Å². The van der Waals surface area contributed by atoms with Crippen LogP contribution in [0, 0.1) is 0 Å². The van der Waals surface area contributed by atoms with Crippen LogP contribution in [0.25, 0.3) is 16.3 Å². The Morgan fingerprint density at radius 1 is 1.04 bits per heavy atom. The number of hydrogen-bond acceptors (Lipinski definition) is 3. The Balaban J connectivity index is 0.000000207. The zero-order valence-electron chi connectivity index (χ0n) is 11.3. The van der Waals surface area contributed by atoms with E-state index in [0.717, 1.165) is 4.47 Å². The first-order valence-corrected chi connectivity index (χ1v) is 8.30. The van der Waals surface area contributed by atoms with Gasteiger partial charge < -0.3 is 4.55 Å². The summed E-state index contributed by atoms with van der Waals surface area (Å²) in [6, 6.07) is 14.8. The summed E-state index contributed by atoms with van der Waals surface area (Å²) in [7, 11) is -6.09. The molecule has 0 N–H and O–H groups in total. The minimum absolute atomic E-state index is 1.09. The lowest BCUT2D eigenvalue weighted by molar-refractivity contribution is -0.511. The normalized spacial score (nSPS) is 12.0. The number of halogens is 4. The van der Waals surface area contributed by atoms with Crippen LogP contribution in [0.15, 0.2) is 59.3 Å². The van der Waals surface area contributed by atoms with Gasteiger partial charge in [0.25, 0.3) is 0 Å². The zero-order chi connectivity index (χ0) is 17.3. The SMILES string of the molecule is Brc1ccc2c3ccccc3cc[n+]2c1.O=S(=O)([O-])C(F)(F)F. The number of pyridine rings is 2. The average molecular weight is 408 g/mol. The third kappa shape index (κ3) is 4.18. The van der Waals surface area contributed by atoms with E-state index in [1.807, 2.05) is 0 Å². The Morgan fingerprint density at radius 2 is 1.65 bits per heavy atom. The second-order valence-corrected chi connectivity index (χ2v) is 6.73. The van der Waals surface area contributed by atoms with Crippen molar-refractivity contribution in [1.82, 2.24) is 0 Å². The zero-order valence-corrected chi connectivity index (χ0v) is 13.7. The number of nitrogens with zero attached hydrogens (tertiary/aromatic N) is 1. The van der Waals surface area contributed by atoms with Crippen LogP contribution in [0.5, 0.6) is 0 Å². The van der Waals surface area contributed by atoms with Crippen molar-refractivity contribution in [3.8, 4) is 0 Å². The number of alkyl halides is 3. The fourth-order valence-electron chi connectivity index (χ4n) is 1.88. The van der Waals surface area contributed by atoms with Crippen molar-refractivity contribution in [2.75, 3.05) is 0 Å². The molecule has 2 aromatic heterocycles. The van der Waals surface area contributed by atoms with E-state index in [-0.39, 0.29) is 0 Å². The summed E-state index contributed by atoms with van der Waals surface area (Å²) < 4.78 is 62.1. The Kier molecular flexibility index (Phi) is 4.92. The summed E-state index contributed by atoms with van der Waals surface area (Å²) >= 11 is 3.48. The van der Waals surface area contributed by atoms with Gasteiger partial charge in [0.1, 0.15) is 0 Å². The summed E-state index contributed by atoms with van der Waals surface area (Å²) in [5.41, 5.74) is -4.41. The maximum Gasteiger partial charge on any atom is 0.485 e. The molecule has 0 aliphatic carbocycles. The van der Waals surface area contributed by atoms with E-state index in [0.29, 0.717) is 0 Å². The summed E-state index contributed by atoms with van der Waals surface area (Å²) in [4.78, 5) is 0. The molecule has 23 heavy (non-hydrogen) atoms. The van der Waals surface area contributed by atoms with Gasteiger partial charge in [0.05, 0.1) is 9.86 Å². The molecule has 3 rings (SSSR count). The minimum atomic E-state index is -6.09. The standard InChI is InChI=1S/C13H9BrN.CHF3O3S/c14-11-5-6-13-12-4-2-1-3-10(12)7-8-15(13)9-11;2-1(3,4)8(5,6)7/h1-9H;(H,5,6,7)/q+1;/p-1. The number of rotatable bonds is 0. The van der Waals surface area contributed by atoms with Crippen molar-refractivity contribution in [1.29, 1.82) is 0 Å². The predicted molar refractivity (Wildman–Crippen MR) is 80.6 cm³/mol. The molecular formula is C14H9BrF3NO3S. The van der Waals surface area contributed by atoms with Gasteiger partial charge >= 0.3 is 5.51 Å². The van der Waals surface area contributed by atoms with Gasteiger partial charge in [-0.25, -0.2) is 8.42 Å². The third-order valence-electron chi connectivity index (χ3n) is 2.88. The lowest BCUT2D eigenvalue weighted by Gasteiger charge is -2.08.